The molecule has 1 aromatic carbocycles. The summed E-state index contributed by atoms with van der Waals surface area (Å²) in [4.78, 5) is 30.8. The summed E-state index contributed by atoms with van der Waals surface area (Å²) < 4.78 is 13.7. The molecule has 2 aliphatic carbocycles. The smallest absolute Gasteiger partial charge is 0.233 e. The van der Waals surface area contributed by atoms with Crippen molar-refractivity contribution in [1.29, 1.82) is 0 Å². The molecule has 1 saturated heterocycles. The summed E-state index contributed by atoms with van der Waals surface area (Å²) in [6.45, 7) is 1.01. The number of allylic oxidation sites excluding steroid dienone is 2. The Balaban J connectivity index is 0.00000225. The molecule has 2 fully saturated rings. The van der Waals surface area contributed by atoms with Crippen molar-refractivity contribution in [3.05, 3.63) is 47.8 Å². The van der Waals surface area contributed by atoms with Gasteiger partial charge in [-0.15, -0.1) is 24.0 Å². The Morgan fingerprint density at radius 1 is 1.14 bits per heavy atom. The summed E-state index contributed by atoms with van der Waals surface area (Å²) in [5, 5.41) is 6.12. The van der Waals surface area contributed by atoms with E-state index in [-0.39, 0.29) is 65.3 Å². The van der Waals surface area contributed by atoms with Crippen molar-refractivity contribution < 1.29 is 14.0 Å². The molecule has 2 bridgehead atoms. The normalized spacial score (nSPS) is 27.8. The molecule has 1 aromatic rings. The van der Waals surface area contributed by atoms with Gasteiger partial charge in [0.25, 0.3) is 0 Å². The molecule has 0 aromatic heterocycles. The number of benzene rings is 1. The maximum absolute atomic E-state index is 13.7. The average molecular weight is 498 g/mol. The average Bonchev–Trinajstić information content (AvgIpc) is 3.35. The lowest BCUT2D eigenvalue weighted by Gasteiger charge is -2.18. The number of aliphatic imine (C=N–C) groups is 1. The van der Waals surface area contributed by atoms with Crippen molar-refractivity contribution in [2.75, 3.05) is 20.1 Å². The monoisotopic (exact) mass is 498 g/mol. The van der Waals surface area contributed by atoms with Crippen LogP contribution in [-0.4, -0.2) is 42.8 Å². The topological polar surface area (TPSA) is 73.8 Å². The van der Waals surface area contributed by atoms with Crippen LogP contribution >= 0.6 is 24.0 Å². The third-order valence-electron chi connectivity index (χ3n) is 5.82. The number of nitrogens with zero attached hydrogens (tertiary/aromatic N) is 2. The van der Waals surface area contributed by atoms with E-state index < -0.39 is 0 Å². The van der Waals surface area contributed by atoms with Gasteiger partial charge in [0, 0.05) is 32.2 Å². The first-order chi connectivity index (χ1) is 13.1. The largest absolute Gasteiger partial charge is 0.355 e. The van der Waals surface area contributed by atoms with Crippen LogP contribution in [0.4, 0.5) is 4.39 Å². The predicted molar refractivity (Wildman–Crippen MR) is 114 cm³/mol. The zero-order chi connectivity index (χ0) is 19.0. The summed E-state index contributed by atoms with van der Waals surface area (Å²) >= 11 is 0. The highest BCUT2D eigenvalue weighted by Crippen LogP contribution is 2.52. The molecular weight excluding hydrogens is 474 g/mol. The van der Waals surface area contributed by atoms with Gasteiger partial charge in [-0.25, -0.2) is 4.39 Å². The van der Waals surface area contributed by atoms with Crippen LogP contribution in [0.2, 0.25) is 0 Å². The lowest BCUT2D eigenvalue weighted by atomic mass is 9.85. The van der Waals surface area contributed by atoms with Crippen LogP contribution in [0, 0.1) is 29.5 Å². The van der Waals surface area contributed by atoms with Crippen molar-refractivity contribution >= 4 is 41.8 Å². The second-order valence-corrected chi connectivity index (χ2v) is 7.27. The van der Waals surface area contributed by atoms with E-state index in [9.17, 15) is 14.0 Å². The van der Waals surface area contributed by atoms with E-state index in [2.05, 4.69) is 27.8 Å². The lowest BCUT2D eigenvalue weighted by Crippen LogP contribution is -2.43. The zero-order valence-corrected chi connectivity index (χ0v) is 17.9. The van der Waals surface area contributed by atoms with Crippen LogP contribution < -0.4 is 10.6 Å². The molecule has 1 aliphatic heterocycles. The molecule has 0 radical (unpaired) electrons. The molecule has 2 N–H and O–H groups in total. The molecule has 1 saturated carbocycles. The first kappa shape index (κ1) is 20.8. The molecule has 4 atom stereocenters. The Hall–Kier alpha value is -1.97. The molecule has 2 amide bonds. The third kappa shape index (κ3) is 3.66. The number of halogens is 2. The van der Waals surface area contributed by atoms with Gasteiger partial charge in [0.05, 0.1) is 11.8 Å². The van der Waals surface area contributed by atoms with Gasteiger partial charge in [0.2, 0.25) is 11.8 Å². The fraction of sp³-hybridized carbons (Fsp3) is 0.450. The van der Waals surface area contributed by atoms with E-state index in [1.54, 1.807) is 25.2 Å². The summed E-state index contributed by atoms with van der Waals surface area (Å²) in [5.41, 5.74) is 0.543. The fourth-order valence-corrected chi connectivity index (χ4v) is 4.51. The highest BCUT2D eigenvalue weighted by atomic mass is 127. The van der Waals surface area contributed by atoms with E-state index >= 15 is 0 Å². The second-order valence-electron chi connectivity index (χ2n) is 7.27. The molecule has 4 unspecified atom stereocenters. The molecule has 8 heteroatoms. The van der Waals surface area contributed by atoms with Gasteiger partial charge < -0.3 is 10.6 Å². The van der Waals surface area contributed by atoms with Gasteiger partial charge in [-0.1, -0.05) is 30.4 Å². The van der Waals surface area contributed by atoms with Gasteiger partial charge in [-0.2, -0.15) is 0 Å². The molecule has 1 heterocycles. The number of nitrogens with one attached hydrogen (secondary N) is 2. The summed E-state index contributed by atoms with van der Waals surface area (Å²) in [5.74, 6) is 0.268. The molecule has 28 heavy (non-hydrogen) atoms. The second kappa shape index (κ2) is 8.59. The van der Waals surface area contributed by atoms with Gasteiger partial charge in [0.1, 0.15) is 5.82 Å². The Labute approximate surface area is 180 Å². The van der Waals surface area contributed by atoms with Crippen LogP contribution in [0.15, 0.2) is 41.4 Å². The highest BCUT2D eigenvalue weighted by Gasteiger charge is 2.58. The van der Waals surface area contributed by atoms with E-state index in [4.69, 9.17) is 0 Å². The van der Waals surface area contributed by atoms with Crippen molar-refractivity contribution in [3.8, 4) is 0 Å². The minimum absolute atomic E-state index is 0. The maximum Gasteiger partial charge on any atom is 0.233 e. The maximum atomic E-state index is 13.7. The number of carbonyl (C=O) groups is 2. The molecule has 4 rings (SSSR count). The minimum Gasteiger partial charge on any atom is -0.355 e. The number of fused-ring (bicyclic) bond motifs is 5. The first-order valence-corrected chi connectivity index (χ1v) is 9.31. The summed E-state index contributed by atoms with van der Waals surface area (Å²) in [6.07, 6.45) is 5.12. The molecule has 0 spiro atoms. The van der Waals surface area contributed by atoms with Gasteiger partial charge >= 0.3 is 0 Å². The van der Waals surface area contributed by atoms with Crippen molar-refractivity contribution in [2.24, 2.45) is 28.7 Å². The van der Waals surface area contributed by atoms with Crippen LogP contribution in [0.25, 0.3) is 0 Å². The SMILES string of the molecule is CN=C(NCCN1C(=O)C2C3C=CC(C3)C2C1=O)NCc1ccccc1F.I. The number of hydrogen-bond acceptors (Lipinski definition) is 3. The quantitative estimate of drug-likeness (QED) is 0.214. The number of amides is 2. The van der Waals surface area contributed by atoms with Crippen LogP contribution in [0.1, 0.15) is 12.0 Å². The van der Waals surface area contributed by atoms with Crippen molar-refractivity contribution in [3.63, 3.8) is 0 Å². The highest BCUT2D eigenvalue weighted by molar-refractivity contribution is 14.0. The molecule has 150 valence electrons. The standard InChI is InChI=1S/C20H23FN4O2.HI/c1-22-20(24-11-14-4-2-3-5-15(14)21)23-8-9-25-18(26)16-12-6-7-13(10-12)17(16)19(25)27;/h2-7,12-13,16-17H,8-11H2,1H3,(H2,22,23,24);1H. The number of imide groups is 1. The Kier molecular flexibility index (Phi) is 6.36. The zero-order valence-electron chi connectivity index (χ0n) is 15.6. The van der Waals surface area contributed by atoms with Crippen LogP contribution in [-0.2, 0) is 16.1 Å². The fourth-order valence-electron chi connectivity index (χ4n) is 4.51. The number of guanidine groups is 1. The lowest BCUT2D eigenvalue weighted by molar-refractivity contribution is -0.140. The first-order valence-electron chi connectivity index (χ1n) is 9.31. The van der Waals surface area contributed by atoms with Crippen LogP contribution in [0.5, 0.6) is 0 Å². The summed E-state index contributed by atoms with van der Waals surface area (Å²) in [7, 11) is 1.62. The van der Waals surface area contributed by atoms with Crippen molar-refractivity contribution in [1.82, 2.24) is 15.5 Å². The number of hydrogen-bond donors (Lipinski definition) is 2. The van der Waals surface area contributed by atoms with Gasteiger partial charge in [-0.3, -0.25) is 19.5 Å². The Bertz CT molecular complexity index is 798. The minimum atomic E-state index is -0.275. The Morgan fingerprint density at radius 2 is 1.79 bits per heavy atom. The molecule has 3 aliphatic rings. The van der Waals surface area contributed by atoms with E-state index in [0.29, 0.717) is 31.2 Å². The Morgan fingerprint density at radius 3 is 2.39 bits per heavy atom. The van der Waals surface area contributed by atoms with E-state index in [1.165, 1.54) is 11.0 Å². The molecule has 6 nitrogen and oxygen atoms in total. The van der Waals surface area contributed by atoms with Crippen molar-refractivity contribution in [2.45, 2.75) is 13.0 Å². The van der Waals surface area contributed by atoms with Crippen LogP contribution in [0.3, 0.4) is 0 Å². The number of likely N-dealkylation sites (tertiary alicyclic amines) is 1. The molecular formula is C20H24FIN4O2. The number of carbonyl (C=O) groups excluding carboxylic acids is 2. The van der Waals surface area contributed by atoms with E-state index in [1.807, 2.05) is 0 Å². The van der Waals surface area contributed by atoms with Gasteiger partial charge in [-0.05, 0) is 24.3 Å². The number of rotatable bonds is 5. The third-order valence-corrected chi connectivity index (χ3v) is 5.82. The van der Waals surface area contributed by atoms with Gasteiger partial charge in [0.15, 0.2) is 5.96 Å². The van der Waals surface area contributed by atoms with E-state index in [0.717, 1.165) is 6.42 Å². The summed E-state index contributed by atoms with van der Waals surface area (Å²) in [6, 6.07) is 6.54. The predicted octanol–water partition coefficient (Wildman–Crippen LogP) is 1.92.